The Labute approximate surface area is 165 Å². The number of carbonyl (C=O) groups is 1. The second kappa shape index (κ2) is 6.07. The molecule has 0 spiro atoms. The standard InChI is InChI=1S/C21H16ClN5O/c1-11-25-18-5-4-16(9-19(18)26-11)27-21(23)17(10-24-27)20(28)14-6-12-2-3-15(22)8-13(12)7-14/h2-5,7-10H,6,23H2,1H3,(H,25,26). The number of rotatable bonds is 3. The number of aromatic amines is 1. The summed E-state index contributed by atoms with van der Waals surface area (Å²) in [4.78, 5) is 20.6. The molecule has 4 aromatic rings. The number of fused-ring (bicyclic) bond motifs is 2. The van der Waals surface area contributed by atoms with Crippen LogP contribution in [0.4, 0.5) is 5.82 Å². The molecule has 0 unspecified atom stereocenters. The number of nitrogens with two attached hydrogens (primary N) is 1. The minimum Gasteiger partial charge on any atom is -0.383 e. The molecule has 3 N–H and O–H groups in total. The van der Waals surface area contributed by atoms with E-state index in [0.717, 1.165) is 33.7 Å². The van der Waals surface area contributed by atoms with Crippen LogP contribution in [0.5, 0.6) is 0 Å². The number of Topliss-reactive ketones (excluding diaryl/α,β-unsaturated/α-hetero) is 1. The fourth-order valence-electron chi connectivity index (χ4n) is 3.62. The number of H-pyrrole nitrogens is 1. The van der Waals surface area contributed by atoms with Gasteiger partial charge in [-0.15, -0.1) is 0 Å². The van der Waals surface area contributed by atoms with E-state index in [-0.39, 0.29) is 5.78 Å². The average Bonchev–Trinajstić information content (AvgIpc) is 3.35. The van der Waals surface area contributed by atoms with Crippen LogP contribution in [-0.4, -0.2) is 25.5 Å². The van der Waals surface area contributed by atoms with Gasteiger partial charge in [-0.2, -0.15) is 5.10 Å². The maximum Gasteiger partial charge on any atom is 0.194 e. The van der Waals surface area contributed by atoms with Crippen LogP contribution in [0, 0.1) is 6.92 Å². The SMILES string of the molecule is Cc1nc2ccc(-n3ncc(C(=O)C4=Cc5cc(Cl)ccc5C4)c3N)cc2[nH]1. The molecule has 2 aromatic carbocycles. The van der Waals surface area contributed by atoms with Gasteiger partial charge in [-0.1, -0.05) is 17.7 Å². The lowest BCUT2D eigenvalue weighted by molar-refractivity contribution is 0.103. The van der Waals surface area contributed by atoms with Crippen LogP contribution in [0.25, 0.3) is 22.8 Å². The summed E-state index contributed by atoms with van der Waals surface area (Å²) >= 11 is 6.05. The van der Waals surface area contributed by atoms with Crippen molar-refractivity contribution in [3.63, 3.8) is 0 Å². The van der Waals surface area contributed by atoms with E-state index >= 15 is 0 Å². The number of aryl methyl sites for hydroxylation is 1. The number of nitrogens with zero attached hydrogens (tertiary/aromatic N) is 3. The van der Waals surface area contributed by atoms with Crippen molar-refractivity contribution in [3.8, 4) is 5.69 Å². The van der Waals surface area contributed by atoms with Crippen LogP contribution < -0.4 is 5.73 Å². The van der Waals surface area contributed by atoms with Crippen molar-refractivity contribution in [1.82, 2.24) is 19.7 Å². The molecule has 2 aromatic heterocycles. The van der Waals surface area contributed by atoms with Gasteiger partial charge < -0.3 is 10.7 Å². The fraction of sp³-hybridized carbons (Fsp3) is 0.0952. The van der Waals surface area contributed by atoms with Crippen LogP contribution in [-0.2, 0) is 6.42 Å². The first-order chi connectivity index (χ1) is 13.5. The molecule has 138 valence electrons. The minimum absolute atomic E-state index is 0.116. The second-order valence-electron chi connectivity index (χ2n) is 6.90. The molecule has 0 saturated carbocycles. The average molecular weight is 390 g/mol. The van der Waals surface area contributed by atoms with Gasteiger partial charge in [0, 0.05) is 17.0 Å². The third-order valence-electron chi connectivity index (χ3n) is 4.99. The number of nitrogens with one attached hydrogen (secondary N) is 1. The lowest BCUT2D eigenvalue weighted by atomic mass is 10.0. The van der Waals surface area contributed by atoms with Gasteiger partial charge in [0.25, 0.3) is 0 Å². The molecular formula is C21H16ClN5O. The summed E-state index contributed by atoms with van der Waals surface area (Å²) in [7, 11) is 0. The number of hydrogen-bond acceptors (Lipinski definition) is 4. The highest BCUT2D eigenvalue weighted by molar-refractivity contribution is 6.30. The Kier molecular flexibility index (Phi) is 3.64. The first-order valence-corrected chi connectivity index (χ1v) is 9.21. The molecule has 0 radical (unpaired) electrons. The highest BCUT2D eigenvalue weighted by Crippen LogP contribution is 2.31. The molecular weight excluding hydrogens is 374 g/mol. The third kappa shape index (κ3) is 2.61. The Bertz CT molecular complexity index is 1300. The van der Waals surface area contributed by atoms with E-state index in [0.29, 0.717) is 28.4 Å². The molecule has 0 amide bonds. The molecule has 5 rings (SSSR count). The molecule has 0 aliphatic heterocycles. The van der Waals surface area contributed by atoms with E-state index in [1.165, 1.54) is 6.20 Å². The normalized spacial score (nSPS) is 13.0. The molecule has 28 heavy (non-hydrogen) atoms. The Balaban J connectivity index is 1.50. The maximum absolute atomic E-state index is 13.0. The molecule has 6 nitrogen and oxygen atoms in total. The largest absolute Gasteiger partial charge is 0.383 e. The molecule has 7 heteroatoms. The number of hydrogen-bond donors (Lipinski definition) is 2. The van der Waals surface area contributed by atoms with Crippen LogP contribution in [0.1, 0.15) is 27.3 Å². The summed E-state index contributed by atoms with van der Waals surface area (Å²) in [6.07, 6.45) is 3.96. The van der Waals surface area contributed by atoms with Crippen LogP contribution in [0.2, 0.25) is 5.02 Å². The van der Waals surface area contributed by atoms with Crippen molar-refractivity contribution < 1.29 is 4.79 Å². The monoisotopic (exact) mass is 389 g/mol. The minimum atomic E-state index is -0.116. The molecule has 1 aliphatic rings. The smallest absolute Gasteiger partial charge is 0.194 e. The fourth-order valence-corrected chi connectivity index (χ4v) is 3.80. The van der Waals surface area contributed by atoms with E-state index in [1.54, 1.807) is 4.68 Å². The maximum atomic E-state index is 13.0. The van der Waals surface area contributed by atoms with Crippen LogP contribution in [0.3, 0.4) is 0 Å². The molecule has 0 saturated heterocycles. The first-order valence-electron chi connectivity index (χ1n) is 8.83. The van der Waals surface area contributed by atoms with Gasteiger partial charge in [-0.3, -0.25) is 4.79 Å². The zero-order chi connectivity index (χ0) is 19.4. The zero-order valence-electron chi connectivity index (χ0n) is 15.0. The summed E-state index contributed by atoms with van der Waals surface area (Å²) < 4.78 is 1.57. The molecule has 1 aliphatic carbocycles. The van der Waals surface area contributed by atoms with Gasteiger partial charge in [-0.25, -0.2) is 9.67 Å². The van der Waals surface area contributed by atoms with Crippen molar-refractivity contribution in [1.29, 1.82) is 0 Å². The summed E-state index contributed by atoms with van der Waals surface area (Å²) in [6, 6.07) is 11.3. The summed E-state index contributed by atoms with van der Waals surface area (Å²) in [5.41, 5.74) is 12.0. The van der Waals surface area contributed by atoms with Gasteiger partial charge in [0.2, 0.25) is 0 Å². The predicted octanol–water partition coefficient (Wildman–Crippen LogP) is 4.12. The van der Waals surface area contributed by atoms with Crippen molar-refractivity contribution >= 4 is 40.3 Å². The molecule has 0 bridgehead atoms. The Morgan fingerprint density at radius 1 is 1.25 bits per heavy atom. The Morgan fingerprint density at radius 3 is 2.96 bits per heavy atom. The highest BCUT2D eigenvalue weighted by atomic mass is 35.5. The van der Waals surface area contributed by atoms with E-state index in [9.17, 15) is 4.79 Å². The van der Waals surface area contributed by atoms with Crippen molar-refractivity contribution in [2.75, 3.05) is 5.73 Å². The topological polar surface area (TPSA) is 89.6 Å². The van der Waals surface area contributed by atoms with Crippen LogP contribution in [0.15, 0.2) is 48.2 Å². The van der Waals surface area contributed by atoms with Gasteiger partial charge in [0.05, 0.1) is 28.5 Å². The summed E-state index contributed by atoms with van der Waals surface area (Å²) in [5, 5.41) is 5.00. The molecule has 2 heterocycles. The van der Waals surface area contributed by atoms with E-state index < -0.39 is 0 Å². The quantitative estimate of drug-likeness (QED) is 0.516. The Hall–Kier alpha value is -3.38. The number of nitrogen functional groups attached to an aromatic ring is 1. The second-order valence-corrected chi connectivity index (χ2v) is 7.33. The number of imidazole rings is 1. The van der Waals surface area contributed by atoms with Crippen molar-refractivity contribution in [2.24, 2.45) is 0 Å². The van der Waals surface area contributed by atoms with Gasteiger partial charge >= 0.3 is 0 Å². The van der Waals surface area contributed by atoms with Gasteiger partial charge in [0.15, 0.2) is 5.78 Å². The first kappa shape index (κ1) is 16.8. The van der Waals surface area contributed by atoms with Crippen molar-refractivity contribution in [2.45, 2.75) is 13.3 Å². The summed E-state index contributed by atoms with van der Waals surface area (Å²) in [6.45, 7) is 1.90. The Morgan fingerprint density at radius 2 is 2.11 bits per heavy atom. The number of allylic oxidation sites excluding steroid dienone is 1. The number of ketones is 1. The number of halogens is 1. The van der Waals surface area contributed by atoms with Crippen LogP contribution >= 0.6 is 11.6 Å². The lowest BCUT2D eigenvalue weighted by Gasteiger charge is -2.05. The third-order valence-corrected chi connectivity index (χ3v) is 5.22. The highest BCUT2D eigenvalue weighted by Gasteiger charge is 2.24. The zero-order valence-corrected chi connectivity index (χ0v) is 15.8. The predicted molar refractivity (Wildman–Crippen MR) is 110 cm³/mol. The lowest BCUT2D eigenvalue weighted by Crippen LogP contribution is -2.08. The number of benzene rings is 2. The van der Waals surface area contributed by atoms with E-state index in [2.05, 4.69) is 15.1 Å². The molecule has 0 atom stereocenters. The van der Waals surface area contributed by atoms with E-state index in [4.69, 9.17) is 17.3 Å². The molecule has 0 fully saturated rings. The number of carbonyl (C=O) groups excluding carboxylic acids is 1. The number of aromatic nitrogens is 4. The van der Waals surface area contributed by atoms with Gasteiger partial charge in [-0.05, 0) is 54.5 Å². The van der Waals surface area contributed by atoms with Crippen molar-refractivity contribution in [3.05, 3.63) is 75.7 Å². The van der Waals surface area contributed by atoms with E-state index in [1.807, 2.05) is 49.4 Å². The summed E-state index contributed by atoms with van der Waals surface area (Å²) in [5.74, 6) is 1.04. The number of anilines is 1. The van der Waals surface area contributed by atoms with Gasteiger partial charge in [0.1, 0.15) is 11.6 Å².